The van der Waals surface area contributed by atoms with Crippen LogP contribution in [0, 0.1) is 10.1 Å². The van der Waals surface area contributed by atoms with Crippen molar-refractivity contribution >= 4 is 17.3 Å². The van der Waals surface area contributed by atoms with Gasteiger partial charge in [0.1, 0.15) is 5.69 Å². The van der Waals surface area contributed by atoms with E-state index >= 15 is 0 Å². The topological polar surface area (TPSA) is 88.0 Å². The van der Waals surface area contributed by atoms with Crippen molar-refractivity contribution in [3.63, 3.8) is 0 Å². The van der Waals surface area contributed by atoms with Crippen molar-refractivity contribution in [3.05, 3.63) is 33.9 Å². The summed E-state index contributed by atoms with van der Waals surface area (Å²) in [5, 5.41) is 14.4. The summed E-state index contributed by atoms with van der Waals surface area (Å²) < 4.78 is 5.38. The number of rotatable bonds is 6. The molecule has 2 aliphatic heterocycles. The smallest absolute Gasteiger partial charge is 0.293 e. The SMILES string of the molecule is CC(C)(CNC(=O)c1ccc(N2CCCC2)c([N+](=O)[O-])c1)N1CCOCC1. The van der Waals surface area contributed by atoms with E-state index in [-0.39, 0.29) is 17.1 Å². The number of anilines is 1. The first-order valence-corrected chi connectivity index (χ1v) is 9.53. The number of morpholine rings is 1. The van der Waals surface area contributed by atoms with Crippen LogP contribution in [0.4, 0.5) is 11.4 Å². The first-order chi connectivity index (χ1) is 12.9. The summed E-state index contributed by atoms with van der Waals surface area (Å²) in [6.45, 7) is 9.32. The monoisotopic (exact) mass is 376 g/mol. The molecule has 0 saturated carbocycles. The predicted molar refractivity (Wildman–Crippen MR) is 103 cm³/mol. The van der Waals surface area contributed by atoms with Crippen LogP contribution in [0.3, 0.4) is 0 Å². The van der Waals surface area contributed by atoms with Crippen molar-refractivity contribution in [2.75, 3.05) is 50.8 Å². The third-order valence-electron chi connectivity index (χ3n) is 5.43. The zero-order chi connectivity index (χ0) is 19.4. The molecule has 2 aliphatic rings. The van der Waals surface area contributed by atoms with Crippen LogP contribution in [-0.4, -0.2) is 67.2 Å². The third kappa shape index (κ3) is 4.56. The van der Waals surface area contributed by atoms with Gasteiger partial charge in [0.05, 0.1) is 18.1 Å². The van der Waals surface area contributed by atoms with Gasteiger partial charge in [-0.3, -0.25) is 19.8 Å². The fraction of sp³-hybridized carbons (Fsp3) is 0.632. The number of nitro benzene ring substituents is 1. The molecule has 0 aromatic heterocycles. The molecule has 148 valence electrons. The number of ether oxygens (including phenoxy) is 1. The number of hydrogen-bond donors (Lipinski definition) is 1. The van der Waals surface area contributed by atoms with Gasteiger partial charge >= 0.3 is 0 Å². The van der Waals surface area contributed by atoms with Crippen LogP contribution in [0.25, 0.3) is 0 Å². The summed E-state index contributed by atoms with van der Waals surface area (Å²) in [5.74, 6) is -0.285. The molecule has 0 atom stereocenters. The Balaban J connectivity index is 1.69. The van der Waals surface area contributed by atoms with Crippen molar-refractivity contribution < 1.29 is 14.5 Å². The summed E-state index contributed by atoms with van der Waals surface area (Å²) in [4.78, 5) is 28.0. The van der Waals surface area contributed by atoms with E-state index in [4.69, 9.17) is 4.74 Å². The van der Waals surface area contributed by atoms with E-state index in [0.717, 1.165) is 39.0 Å². The van der Waals surface area contributed by atoms with Crippen LogP contribution in [0.2, 0.25) is 0 Å². The molecule has 1 N–H and O–H groups in total. The average molecular weight is 376 g/mol. The second-order valence-electron chi connectivity index (χ2n) is 7.75. The van der Waals surface area contributed by atoms with E-state index in [1.54, 1.807) is 12.1 Å². The minimum atomic E-state index is -0.401. The second-order valence-corrected chi connectivity index (χ2v) is 7.75. The van der Waals surface area contributed by atoms with Gasteiger partial charge < -0.3 is 15.0 Å². The van der Waals surface area contributed by atoms with Crippen molar-refractivity contribution in [2.45, 2.75) is 32.2 Å². The van der Waals surface area contributed by atoms with Crippen LogP contribution >= 0.6 is 0 Å². The molecule has 2 fully saturated rings. The molecular weight excluding hydrogens is 348 g/mol. The van der Waals surface area contributed by atoms with E-state index in [1.807, 2.05) is 4.90 Å². The number of hydrogen-bond acceptors (Lipinski definition) is 6. The standard InChI is InChI=1S/C19H28N4O4/c1-19(2,22-9-11-27-12-10-22)14-20-18(24)15-5-6-16(17(13-15)23(25)26)21-7-3-4-8-21/h5-6,13H,3-4,7-12,14H2,1-2H3,(H,20,24). The normalized spacial score (nSPS) is 18.5. The van der Waals surface area contributed by atoms with E-state index in [2.05, 4.69) is 24.1 Å². The lowest BCUT2D eigenvalue weighted by molar-refractivity contribution is -0.384. The molecule has 1 aromatic carbocycles. The van der Waals surface area contributed by atoms with Crippen LogP contribution in [-0.2, 0) is 4.74 Å². The van der Waals surface area contributed by atoms with E-state index < -0.39 is 4.92 Å². The van der Waals surface area contributed by atoms with Gasteiger partial charge in [0, 0.05) is 49.9 Å². The highest BCUT2D eigenvalue weighted by atomic mass is 16.6. The van der Waals surface area contributed by atoms with E-state index in [0.29, 0.717) is 31.0 Å². The molecule has 0 unspecified atom stereocenters. The Labute approximate surface area is 159 Å². The van der Waals surface area contributed by atoms with Crippen molar-refractivity contribution in [3.8, 4) is 0 Å². The highest BCUT2D eigenvalue weighted by molar-refractivity contribution is 5.95. The van der Waals surface area contributed by atoms with E-state index in [9.17, 15) is 14.9 Å². The Kier molecular flexibility index (Phi) is 5.96. The molecule has 8 heteroatoms. The van der Waals surface area contributed by atoms with Crippen LogP contribution in [0.5, 0.6) is 0 Å². The molecular formula is C19H28N4O4. The van der Waals surface area contributed by atoms with Gasteiger partial charge in [0.25, 0.3) is 11.6 Å². The molecule has 0 spiro atoms. The van der Waals surface area contributed by atoms with Gasteiger partial charge in [-0.1, -0.05) is 0 Å². The molecule has 0 aliphatic carbocycles. The maximum Gasteiger partial charge on any atom is 0.293 e. The lowest BCUT2D eigenvalue weighted by Crippen LogP contribution is -2.55. The molecule has 1 aromatic rings. The fourth-order valence-corrected chi connectivity index (χ4v) is 3.72. The minimum Gasteiger partial charge on any atom is -0.379 e. The second kappa shape index (κ2) is 8.22. The Morgan fingerprint density at radius 3 is 2.52 bits per heavy atom. The number of carbonyl (C=O) groups excluding carboxylic acids is 1. The highest BCUT2D eigenvalue weighted by Crippen LogP contribution is 2.31. The number of nitrogens with one attached hydrogen (secondary N) is 1. The summed E-state index contributed by atoms with van der Waals surface area (Å²) in [6.07, 6.45) is 2.08. The zero-order valence-electron chi connectivity index (χ0n) is 16.1. The molecule has 8 nitrogen and oxygen atoms in total. The Bertz CT molecular complexity index is 695. The maximum absolute atomic E-state index is 12.6. The third-order valence-corrected chi connectivity index (χ3v) is 5.43. The summed E-state index contributed by atoms with van der Waals surface area (Å²) in [5.41, 5.74) is 0.711. The Morgan fingerprint density at radius 2 is 1.89 bits per heavy atom. The summed E-state index contributed by atoms with van der Waals surface area (Å²) >= 11 is 0. The molecule has 0 bridgehead atoms. The Hall–Kier alpha value is -2.19. The largest absolute Gasteiger partial charge is 0.379 e. The number of benzene rings is 1. The van der Waals surface area contributed by atoms with Gasteiger partial charge in [-0.2, -0.15) is 0 Å². The number of amides is 1. The fourth-order valence-electron chi connectivity index (χ4n) is 3.72. The van der Waals surface area contributed by atoms with Gasteiger partial charge in [0.15, 0.2) is 0 Å². The first kappa shape index (κ1) is 19.6. The zero-order valence-corrected chi connectivity index (χ0v) is 16.1. The highest BCUT2D eigenvalue weighted by Gasteiger charge is 2.29. The number of nitro groups is 1. The molecule has 27 heavy (non-hydrogen) atoms. The molecule has 2 saturated heterocycles. The van der Waals surface area contributed by atoms with Crippen molar-refractivity contribution in [1.82, 2.24) is 10.2 Å². The lowest BCUT2D eigenvalue weighted by atomic mass is 10.0. The molecule has 1 amide bonds. The van der Waals surface area contributed by atoms with Crippen molar-refractivity contribution in [2.24, 2.45) is 0 Å². The molecule has 2 heterocycles. The summed E-state index contributed by atoms with van der Waals surface area (Å²) in [7, 11) is 0. The Morgan fingerprint density at radius 1 is 1.22 bits per heavy atom. The maximum atomic E-state index is 12.6. The van der Waals surface area contributed by atoms with E-state index in [1.165, 1.54) is 6.07 Å². The lowest BCUT2D eigenvalue weighted by Gasteiger charge is -2.40. The number of carbonyl (C=O) groups is 1. The van der Waals surface area contributed by atoms with Gasteiger partial charge in [-0.05, 0) is 38.8 Å². The van der Waals surface area contributed by atoms with Gasteiger partial charge in [-0.15, -0.1) is 0 Å². The first-order valence-electron chi connectivity index (χ1n) is 9.53. The average Bonchev–Trinajstić information content (AvgIpc) is 3.21. The summed E-state index contributed by atoms with van der Waals surface area (Å²) in [6, 6.07) is 4.77. The number of nitrogens with zero attached hydrogens (tertiary/aromatic N) is 3. The quantitative estimate of drug-likeness (QED) is 0.604. The van der Waals surface area contributed by atoms with Gasteiger partial charge in [0.2, 0.25) is 0 Å². The van der Waals surface area contributed by atoms with Crippen LogP contribution in [0.1, 0.15) is 37.0 Å². The van der Waals surface area contributed by atoms with Crippen molar-refractivity contribution in [1.29, 1.82) is 0 Å². The minimum absolute atomic E-state index is 0.00279. The van der Waals surface area contributed by atoms with Crippen LogP contribution in [0.15, 0.2) is 18.2 Å². The van der Waals surface area contributed by atoms with Gasteiger partial charge in [-0.25, -0.2) is 0 Å². The molecule has 0 radical (unpaired) electrons. The van der Waals surface area contributed by atoms with Crippen LogP contribution < -0.4 is 10.2 Å². The molecule has 3 rings (SSSR count). The predicted octanol–water partition coefficient (Wildman–Crippen LogP) is 2.04.